The zero-order chi connectivity index (χ0) is 20.1. The van der Waals surface area contributed by atoms with Crippen LogP contribution in [0.2, 0.25) is 0 Å². The molecule has 0 aliphatic carbocycles. The van der Waals surface area contributed by atoms with E-state index >= 15 is 0 Å². The Bertz CT molecular complexity index is 855. The second kappa shape index (κ2) is 7.20. The van der Waals surface area contributed by atoms with Gasteiger partial charge in [0.2, 0.25) is 0 Å². The Morgan fingerprint density at radius 1 is 1.00 bits per heavy atom. The Morgan fingerprint density at radius 3 is 2.29 bits per heavy atom. The van der Waals surface area contributed by atoms with Gasteiger partial charge in [-0.05, 0) is 47.1 Å². The van der Waals surface area contributed by atoms with Crippen LogP contribution in [0.1, 0.15) is 44.0 Å². The smallest absolute Gasteiger partial charge is 0.146 e. The lowest BCUT2D eigenvalue weighted by Gasteiger charge is -2.47. The van der Waals surface area contributed by atoms with Crippen LogP contribution in [0.15, 0.2) is 0 Å². The van der Waals surface area contributed by atoms with Gasteiger partial charge in [0.25, 0.3) is 0 Å². The van der Waals surface area contributed by atoms with Gasteiger partial charge >= 0.3 is 0 Å². The van der Waals surface area contributed by atoms with Crippen molar-refractivity contribution in [3.05, 3.63) is 16.3 Å². The van der Waals surface area contributed by atoms with E-state index in [1.54, 1.807) is 11.3 Å². The lowest BCUT2D eigenvalue weighted by atomic mass is 9.98. The molecule has 0 radical (unpaired) electrons. The number of thiophene rings is 1. The van der Waals surface area contributed by atoms with Crippen LogP contribution >= 0.6 is 11.3 Å². The number of rotatable bonds is 3. The Kier molecular flexibility index (Phi) is 5.15. The first-order chi connectivity index (χ1) is 13.1. The van der Waals surface area contributed by atoms with Gasteiger partial charge in [-0.1, -0.05) is 0 Å². The summed E-state index contributed by atoms with van der Waals surface area (Å²) in [6, 6.07) is 0. The van der Waals surface area contributed by atoms with Crippen molar-refractivity contribution in [3.63, 3.8) is 0 Å². The average Bonchev–Trinajstić information content (AvgIpc) is 2.86. The standard InChI is InChI=1S/C21H32N4O2S/c1-14-15(2)28-19-17(14)18(25-12-20(3,4)27-21(5,6)13-25)22-16(23-19)11-24-7-9-26-10-8-24/h7-13H2,1-6H3. The van der Waals surface area contributed by atoms with E-state index in [9.17, 15) is 0 Å². The number of ether oxygens (including phenoxy) is 2. The molecule has 154 valence electrons. The van der Waals surface area contributed by atoms with Gasteiger partial charge < -0.3 is 14.4 Å². The highest BCUT2D eigenvalue weighted by Crippen LogP contribution is 2.38. The molecule has 2 aliphatic heterocycles. The molecular weight excluding hydrogens is 372 g/mol. The molecule has 0 unspecified atom stereocenters. The summed E-state index contributed by atoms with van der Waals surface area (Å²) in [6.45, 7) is 18.9. The summed E-state index contributed by atoms with van der Waals surface area (Å²) in [5.41, 5.74) is 0.861. The quantitative estimate of drug-likeness (QED) is 0.780. The fraction of sp³-hybridized carbons (Fsp3) is 0.714. The monoisotopic (exact) mass is 404 g/mol. The number of anilines is 1. The Hall–Kier alpha value is -1.28. The minimum absolute atomic E-state index is 0.220. The average molecular weight is 405 g/mol. The number of aromatic nitrogens is 2. The van der Waals surface area contributed by atoms with Crippen LogP contribution in [0.25, 0.3) is 10.2 Å². The summed E-state index contributed by atoms with van der Waals surface area (Å²) in [5, 5.41) is 1.21. The maximum Gasteiger partial charge on any atom is 0.146 e. The van der Waals surface area contributed by atoms with Gasteiger partial charge in [-0.15, -0.1) is 11.3 Å². The maximum atomic E-state index is 6.31. The van der Waals surface area contributed by atoms with E-state index in [1.165, 1.54) is 15.8 Å². The number of hydrogen-bond acceptors (Lipinski definition) is 7. The van der Waals surface area contributed by atoms with E-state index in [1.807, 2.05) is 0 Å². The van der Waals surface area contributed by atoms with Gasteiger partial charge in [0.15, 0.2) is 0 Å². The Labute approximate surface area is 171 Å². The molecular formula is C21H32N4O2S. The highest BCUT2D eigenvalue weighted by atomic mass is 32.1. The lowest BCUT2D eigenvalue weighted by molar-refractivity contribution is -0.133. The van der Waals surface area contributed by atoms with E-state index in [-0.39, 0.29) is 11.2 Å². The lowest BCUT2D eigenvalue weighted by Crippen LogP contribution is -2.57. The van der Waals surface area contributed by atoms with Crippen molar-refractivity contribution in [1.82, 2.24) is 14.9 Å². The van der Waals surface area contributed by atoms with E-state index < -0.39 is 0 Å². The van der Waals surface area contributed by atoms with Gasteiger partial charge in [-0.25, -0.2) is 9.97 Å². The molecule has 2 aliphatic rings. The molecule has 2 aromatic rings. The molecule has 0 saturated carbocycles. The van der Waals surface area contributed by atoms with Crippen molar-refractivity contribution >= 4 is 27.4 Å². The summed E-state index contributed by atoms with van der Waals surface area (Å²) in [4.78, 5) is 17.3. The topological polar surface area (TPSA) is 50.7 Å². The van der Waals surface area contributed by atoms with Gasteiger partial charge in [0.05, 0.1) is 36.3 Å². The largest absolute Gasteiger partial charge is 0.379 e. The predicted molar refractivity (Wildman–Crippen MR) is 114 cm³/mol. The maximum absolute atomic E-state index is 6.31. The third kappa shape index (κ3) is 4.03. The molecule has 0 aromatic carbocycles. The zero-order valence-corrected chi connectivity index (χ0v) is 18.8. The third-order valence-electron chi connectivity index (χ3n) is 5.52. The highest BCUT2D eigenvalue weighted by Gasteiger charge is 2.39. The minimum atomic E-state index is -0.220. The van der Waals surface area contributed by atoms with Crippen LogP contribution < -0.4 is 4.90 Å². The van der Waals surface area contributed by atoms with Gasteiger partial charge in [0, 0.05) is 31.1 Å². The van der Waals surface area contributed by atoms with Crippen LogP contribution in [-0.4, -0.2) is 65.5 Å². The van der Waals surface area contributed by atoms with Crippen LogP contribution in [0.5, 0.6) is 0 Å². The molecule has 0 amide bonds. The highest BCUT2D eigenvalue weighted by molar-refractivity contribution is 7.18. The number of morpholine rings is 2. The number of nitrogens with zero attached hydrogens (tertiary/aromatic N) is 4. The molecule has 2 fully saturated rings. The Balaban J connectivity index is 1.76. The van der Waals surface area contributed by atoms with Crippen molar-refractivity contribution in [2.24, 2.45) is 0 Å². The third-order valence-corrected chi connectivity index (χ3v) is 6.62. The number of hydrogen-bond donors (Lipinski definition) is 0. The molecule has 0 N–H and O–H groups in total. The number of fused-ring (bicyclic) bond motifs is 1. The molecule has 4 heterocycles. The van der Waals surface area contributed by atoms with Crippen molar-refractivity contribution in [1.29, 1.82) is 0 Å². The first kappa shape index (κ1) is 20.0. The predicted octanol–water partition coefficient (Wildman–Crippen LogP) is 3.53. The molecule has 0 atom stereocenters. The van der Waals surface area contributed by atoms with Crippen molar-refractivity contribution in [3.8, 4) is 0 Å². The first-order valence-electron chi connectivity index (χ1n) is 10.2. The van der Waals surface area contributed by atoms with E-state index in [4.69, 9.17) is 19.4 Å². The van der Waals surface area contributed by atoms with Gasteiger partial charge in [-0.3, -0.25) is 4.90 Å². The van der Waals surface area contributed by atoms with Crippen molar-refractivity contribution in [2.45, 2.75) is 59.3 Å². The summed E-state index contributed by atoms with van der Waals surface area (Å²) >= 11 is 1.78. The number of aryl methyl sites for hydroxylation is 2. The first-order valence-corrected chi connectivity index (χ1v) is 11.0. The molecule has 2 aromatic heterocycles. The second-order valence-corrected chi connectivity index (χ2v) is 10.5. The summed E-state index contributed by atoms with van der Waals surface area (Å²) < 4.78 is 11.8. The molecule has 28 heavy (non-hydrogen) atoms. The molecule has 7 heteroatoms. The molecule has 2 saturated heterocycles. The summed E-state index contributed by atoms with van der Waals surface area (Å²) in [7, 11) is 0. The van der Waals surface area contributed by atoms with E-state index in [2.05, 4.69) is 51.3 Å². The van der Waals surface area contributed by atoms with E-state index in [0.29, 0.717) is 0 Å². The summed E-state index contributed by atoms with van der Waals surface area (Å²) in [5.74, 6) is 1.98. The van der Waals surface area contributed by atoms with Crippen molar-refractivity contribution < 1.29 is 9.47 Å². The fourth-order valence-electron chi connectivity index (χ4n) is 4.47. The normalized spacial score (nSPS) is 22.7. The van der Waals surface area contributed by atoms with Crippen LogP contribution in [-0.2, 0) is 16.0 Å². The SMILES string of the molecule is Cc1sc2nc(CN3CCOCC3)nc(N3CC(C)(C)OC(C)(C)C3)c2c1C. The van der Waals surface area contributed by atoms with Crippen LogP contribution in [0.4, 0.5) is 5.82 Å². The fourth-order valence-corrected chi connectivity index (χ4v) is 5.51. The van der Waals surface area contributed by atoms with Crippen molar-refractivity contribution in [2.75, 3.05) is 44.3 Å². The minimum Gasteiger partial charge on any atom is -0.379 e. The molecule has 0 bridgehead atoms. The van der Waals surface area contributed by atoms with Gasteiger partial charge in [0.1, 0.15) is 16.5 Å². The van der Waals surface area contributed by atoms with Crippen LogP contribution in [0.3, 0.4) is 0 Å². The van der Waals surface area contributed by atoms with Crippen LogP contribution in [0, 0.1) is 13.8 Å². The van der Waals surface area contributed by atoms with Gasteiger partial charge in [-0.2, -0.15) is 0 Å². The zero-order valence-electron chi connectivity index (χ0n) is 18.0. The Morgan fingerprint density at radius 2 is 1.64 bits per heavy atom. The second-order valence-electron chi connectivity index (χ2n) is 9.29. The van der Waals surface area contributed by atoms with E-state index in [0.717, 1.165) is 62.4 Å². The molecule has 4 rings (SSSR count). The molecule has 0 spiro atoms. The summed E-state index contributed by atoms with van der Waals surface area (Å²) in [6.07, 6.45) is 0. The molecule has 6 nitrogen and oxygen atoms in total.